The third kappa shape index (κ3) is 1.94. The summed E-state index contributed by atoms with van der Waals surface area (Å²) in [4.78, 5) is 7.31. The summed E-state index contributed by atoms with van der Waals surface area (Å²) >= 11 is 0. The van der Waals surface area contributed by atoms with Gasteiger partial charge < -0.3 is 10.7 Å². The Bertz CT molecular complexity index is 695. The van der Waals surface area contributed by atoms with Gasteiger partial charge in [-0.2, -0.15) is 4.31 Å². The highest BCUT2D eigenvalue weighted by atomic mass is 32.2. The summed E-state index contributed by atoms with van der Waals surface area (Å²) < 4.78 is 26.9. The van der Waals surface area contributed by atoms with Crippen LogP contribution in [0.3, 0.4) is 0 Å². The first-order valence-electron chi connectivity index (χ1n) is 6.28. The SMILES string of the molecule is NCC1CCCN1S(=O)(=O)c1c[nH]c2ncccc12. The Kier molecular flexibility index (Phi) is 3.04. The fraction of sp³-hybridized carbons (Fsp3) is 0.417. The Labute approximate surface area is 111 Å². The van der Waals surface area contributed by atoms with Crippen molar-refractivity contribution < 1.29 is 8.42 Å². The lowest BCUT2D eigenvalue weighted by molar-refractivity contribution is 0.393. The maximum Gasteiger partial charge on any atom is 0.245 e. The molecule has 6 nitrogen and oxygen atoms in total. The van der Waals surface area contributed by atoms with Gasteiger partial charge in [-0.1, -0.05) is 0 Å². The minimum absolute atomic E-state index is 0.0911. The first-order chi connectivity index (χ1) is 9.14. The predicted molar refractivity (Wildman–Crippen MR) is 72.1 cm³/mol. The number of aromatic nitrogens is 2. The molecule has 2 aromatic heterocycles. The first kappa shape index (κ1) is 12.6. The summed E-state index contributed by atoms with van der Waals surface area (Å²) in [5.41, 5.74) is 6.25. The van der Waals surface area contributed by atoms with E-state index in [1.165, 1.54) is 10.5 Å². The molecule has 3 N–H and O–H groups in total. The number of aromatic amines is 1. The average molecular weight is 280 g/mol. The van der Waals surface area contributed by atoms with Gasteiger partial charge in [0.05, 0.1) is 0 Å². The van der Waals surface area contributed by atoms with Crippen LogP contribution in [0.5, 0.6) is 0 Å². The molecule has 0 aromatic carbocycles. The van der Waals surface area contributed by atoms with Crippen LogP contribution in [0.25, 0.3) is 11.0 Å². The van der Waals surface area contributed by atoms with E-state index in [1.807, 2.05) is 0 Å². The van der Waals surface area contributed by atoms with Gasteiger partial charge in [0.2, 0.25) is 10.0 Å². The summed E-state index contributed by atoms with van der Waals surface area (Å²) in [6.45, 7) is 0.900. The Morgan fingerprint density at radius 1 is 1.53 bits per heavy atom. The van der Waals surface area contributed by atoms with Crippen LogP contribution in [0.2, 0.25) is 0 Å². The lowest BCUT2D eigenvalue weighted by Crippen LogP contribution is -2.39. The van der Waals surface area contributed by atoms with Crippen LogP contribution >= 0.6 is 0 Å². The molecule has 0 bridgehead atoms. The predicted octanol–water partition coefficient (Wildman–Crippen LogP) is 0.675. The van der Waals surface area contributed by atoms with E-state index in [9.17, 15) is 8.42 Å². The van der Waals surface area contributed by atoms with Crippen molar-refractivity contribution in [1.82, 2.24) is 14.3 Å². The third-order valence-corrected chi connectivity index (χ3v) is 5.59. The zero-order chi connectivity index (χ0) is 13.5. The largest absolute Gasteiger partial charge is 0.345 e. The second-order valence-electron chi connectivity index (χ2n) is 4.70. The molecule has 2 aromatic rings. The zero-order valence-electron chi connectivity index (χ0n) is 10.4. The highest BCUT2D eigenvalue weighted by Gasteiger charge is 2.35. The molecule has 1 aliphatic heterocycles. The van der Waals surface area contributed by atoms with Crippen LogP contribution < -0.4 is 5.73 Å². The monoisotopic (exact) mass is 280 g/mol. The highest BCUT2D eigenvalue weighted by Crippen LogP contribution is 2.29. The molecule has 1 unspecified atom stereocenters. The molecule has 19 heavy (non-hydrogen) atoms. The average Bonchev–Trinajstić information content (AvgIpc) is 3.05. The second kappa shape index (κ2) is 4.59. The Morgan fingerprint density at radius 3 is 3.16 bits per heavy atom. The van der Waals surface area contributed by atoms with Crippen molar-refractivity contribution >= 4 is 21.1 Å². The van der Waals surface area contributed by atoms with Gasteiger partial charge in [0.15, 0.2) is 0 Å². The summed E-state index contributed by atoms with van der Waals surface area (Å²) in [7, 11) is -3.50. The molecule has 0 spiro atoms. The first-order valence-corrected chi connectivity index (χ1v) is 7.72. The normalized spacial score (nSPS) is 21.2. The molecular weight excluding hydrogens is 264 g/mol. The lowest BCUT2D eigenvalue weighted by Gasteiger charge is -2.22. The summed E-state index contributed by atoms with van der Waals surface area (Å²) in [6, 6.07) is 3.41. The number of sulfonamides is 1. The number of nitrogens with two attached hydrogens (primary N) is 1. The number of rotatable bonds is 3. The molecule has 0 saturated carbocycles. The van der Waals surface area contributed by atoms with Crippen molar-refractivity contribution in [2.24, 2.45) is 5.73 Å². The van der Waals surface area contributed by atoms with Gasteiger partial charge in [0.25, 0.3) is 0 Å². The molecule has 7 heteroatoms. The Morgan fingerprint density at radius 2 is 2.37 bits per heavy atom. The van der Waals surface area contributed by atoms with Gasteiger partial charge in [-0.15, -0.1) is 0 Å². The fourth-order valence-corrected chi connectivity index (χ4v) is 4.49. The smallest absolute Gasteiger partial charge is 0.245 e. The zero-order valence-corrected chi connectivity index (χ0v) is 11.2. The topological polar surface area (TPSA) is 92.1 Å². The minimum Gasteiger partial charge on any atom is -0.345 e. The van der Waals surface area contributed by atoms with Gasteiger partial charge in [-0.3, -0.25) is 0 Å². The van der Waals surface area contributed by atoms with E-state index in [0.717, 1.165) is 12.8 Å². The number of fused-ring (bicyclic) bond motifs is 1. The number of pyridine rings is 1. The van der Waals surface area contributed by atoms with Crippen LogP contribution in [0.4, 0.5) is 0 Å². The van der Waals surface area contributed by atoms with Crippen molar-refractivity contribution in [2.75, 3.05) is 13.1 Å². The summed E-state index contributed by atoms with van der Waals surface area (Å²) in [6.07, 6.45) is 4.84. The van der Waals surface area contributed by atoms with Crippen molar-refractivity contribution in [2.45, 2.75) is 23.8 Å². The molecule has 0 aliphatic carbocycles. The van der Waals surface area contributed by atoms with Gasteiger partial charge in [0.1, 0.15) is 10.5 Å². The van der Waals surface area contributed by atoms with E-state index < -0.39 is 10.0 Å². The van der Waals surface area contributed by atoms with Crippen LogP contribution in [0.1, 0.15) is 12.8 Å². The maximum atomic E-state index is 12.7. The Balaban J connectivity index is 2.09. The van der Waals surface area contributed by atoms with Crippen LogP contribution in [-0.2, 0) is 10.0 Å². The highest BCUT2D eigenvalue weighted by molar-refractivity contribution is 7.89. The standard InChI is InChI=1S/C12H16N4O2S/c13-7-9-3-2-6-16(9)19(17,18)11-8-15-12-10(11)4-1-5-14-12/h1,4-5,8-9H,2-3,6-7,13H2,(H,14,15). The molecule has 3 rings (SSSR count). The van der Waals surface area contributed by atoms with Crippen molar-refractivity contribution in [1.29, 1.82) is 0 Å². The van der Waals surface area contributed by atoms with E-state index in [2.05, 4.69) is 9.97 Å². The number of nitrogens with zero attached hydrogens (tertiary/aromatic N) is 2. The third-order valence-electron chi connectivity index (χ3n) is 3.59. The van der Waals surface area contributed by atoms with Crippen molar-refractivity contribution in [3.8, 4) is 0 Å². The summed E-state index contributed by atoms with van der Waals surface area (Å²) in [5, 5.41) is 0.630. The molecule has 3 heterocycles. The number of H-pyrrole nitrogens is 1. The van der Waals surface area contributed by atoms with Gasteiger partial charge in [0, 0.05) is 36.9 Å². The van der Waals surface area contributed by atoms with E-state index in [0.29, 0.717) is 24.1 Å². The fourth-order valence-electron chi connectivity index (χ4n) is 2.63. The molecule has 1 atom stereocenters. The number of hydrogen-bond acceptors (Lipinski definition) is 4. The van der Waals surface area contributed by atoms with E-state index in [-0.39, 0.29) is 10.9 Å². The molecule has 1 fully saturated rings. The molecule has 102 valence electrons. The lowest BCUT2D eigenvalue weighted by atomic mass is 10.2. The van der Waals surface area contributed by atoms with Gasteiger partial charge in [-0.05, 0) is 25.0 Å². The minimum atomic E-state index is -3.50. The van der Waals surface area contributed by atoms with Gasteiger partial charge >= 0.3 is 0 Å². The Hall–Kier alpha value is -1.44. The van der Waals surface area contributed by atoms with Crippen molar-refractivity contribution in [3.05, 3.63) is 24.5 Å². The van der Waals surface area contributed by atoms with Crippen LogP contribution in [0, 0.1) is 0 Å². The quantitative estimate of drug-likeness (QED) is 0.864. The second-order valence-corrected chi connectivity index (χ2v) is 6.56. The maximum absolute atomic E-state index is 12.7. The van der Waals surface area contributed by atoms with E-state index in [1.54, 1.807) is 18.3 Å². The van der Waals surface area contributed by atoms with Crippen LogP contribution in [0.15, 0.2) is 29.4 Å². The molecule has 1 saturated heterocycles. The van der Waals surface area contributed by atoms with E-state index in [4.69, 9.17) is 5.73 Å². The number of hydrogen-bond donors (Lipinski definition) is 2. The molecule has 1 aliphatic rings. The molecule has 0 radical (unpaired) electrons. The van der Waals surface area contributed by atoms with Crippen LogP contribution in [-0.4, -0.2) is 41.8 Å². The molecule has 0 amide bonds. The van der Waals surface area contributed by atoms with Gasteiger partial charge in [-0.25, -0.2) is 13.4 Å². The number of nitrogens with one attached hydrogen (secondary N) is 1. The summed E-state index contributed by atoms with van der Waals surface area (Å²) in [5.74, 6) is 0. The molecular formula is C12H16N4O2S. The van der Waals surface area contributed by atoms with Crippen molar-refractivity contribution in [3.63, 3.8) is 0 Å². The van der Waals surface area contributed by atoms with E-state index >= 15 is 0 Å².